The minimum absolute atomic E-state index is 0.386. The molecule has 0 aromatic carbocycles. The van der Waals surface area contributed by atoms with Crippen LogP contribution in [0.5, 0.6) is 0 Å². The summed E-state index contributed by atoms with van der Waals surface area (Å²) in [5, 5.41) is 1.56. The van der Waals surface area contributed by atoms with Gasteiger partial charge in [-0.2, -0.15) is 44.2 Å². The molecule has 14 heteroatoms. The Hall–Kier alpha value is -0.760. The SMILES string of the molecule is CC(O)NS(=O)(=O)C(F)(F)C(F)(F)C(F)(F)C(F)(F)F. The fourth-order valence-corrected chi connectivity index (χ4v) is 1.89. The van der Waals surface area contributed by atoms with Crippen LogP contribution in [0.4, 0.5) is 39.5 Å². The van der Waals surface area contributed by atoms with Crippen molar-refractivity contribution in [2.45, 2.75) is 36.4 Å². The van der Waals surface area contributed by atoms with Crippen molar-refractivity contribution >= 4 is 10.0 Å². The van der Waals surface area contributed by atoms with Crippen LogP contribution in [0.25, 0.3) is 0 Å². The molecule has 0 heterocycles. The Labute approximate surface area is 105 Å². The topological polar surface area (TPSA) is 66.4 Å². The highest BCUT2D eigenvalue weighted by Gasteiger charge is 2.85. The lowest BCUT2D eigenvalue weighted by molar-refractivity contribution is -0.382. The molecule has 1 unspecified atom stereocenters. The van der Waals surface area contributed by atoms with E-state index < -0.39 is 39.5 Å². The Bertz CT molecular complexity index is 455. The van der Waals surface area contributed by atoms with E-state index in [0.29, 0.717) is 11.6 Å². The van der Waals surface area contributed by atoms with Gasteiger partial charge in [0.05, 0.1) is 0 Å². The fraction of sp³-hybridized carbons (Fsp3) is 1.00. The molecule has 0 aromatic heterocycles. The number of rotatable bonds is 5. The number of halogens is 9. The smallest absolute Gasteiger partial charge is 0.378 e. The van der Waals surface area contributed by atoms with E-state index in [0.717, 1.165) is 0 Å². The second kappa shape index (κ2) is 4.91. The second-order valence-corrected chi connectivity index (χ2v) is 5.22. The Kier molecular flexibility index (Phi) is 4.72. The summed E-state index contributed by atoms with van der Waals surface area (Å²) in [5.41, 5.74) is 0. The molecule has 0 radical (unpaired) electrons. The molecule has 20 heavy (non-hydrogen) atoms. The van der Waals surface area contributed by atoms with E-state index >= 15 is 0 Å². The van der Waals surface area contributed by atoms with Gasteiger partial charge >= 0.3 is 23.3 Å². The van der Waals surface area contributed by atoms with Gasteiger partial charge in [0.15, 0.2) is 0 Å². The number of hydrogen-bond acceptors (Lipinski definition) is 3. The minimum atomic E-state index is -7.32. The quantitative estimate of drug-likeness (QED) is 0.590. The van der Waals surface area contributed by atoms with Crippen molar-refractivity contribution in [3.8, 4) is 0 Å². The number of sulfonamides is 1. The van der Waals surface area contributed by atoms with Crippen LogP contribution in [0.3, 0.4) is 0 Å². The molecule has 0 rings (SSSR count). The Balaban J connectivity index is 5.95. The molecule has 0 aliphatic carbocycles. The summed E-state index contributed by atoms with van der Waals surface area (Å²) in [6.07, 6.45) is -9.55. The summed E-state index contributed by atoms with van der Waals surface area (Å²) in [6, 6.07) is 0. The maximum Gasteiger partial charge on any atom is 0.460 e. The summed E-state index contributed by atoms with van der Waals surface area (Å²) < 4.78 is 133. The van der Waals surface area contributed by atoms with Crippen LogP contribution >= 0.6 is 0 Å². The second-order valence-electron chi connectivity index (χ2n) is 3.46. The molecule has 2 N–H and O–H groups in total. The van der Waals surface area contributed by atoms with E-state index in [-0.39, 0.29) is 0 Å². The lowest BCUT2D eigenvalue weighted by atomic mass is 10.1. The van der Waals surface area contributed by atoms with Crippen molar-refractivity contribution in [1.82, 2.24) is 4.72 Å². The van der Waals surface area contributed by atoms with Crippen LogP contribution in [0.15, 0.2) is 0 Å². The van der Waals surface area contributed by atoms with Crippen LogP contribution in [0, 0.1) is 0 Å². The number of aliphatic hydroxyl groups is 1. The van der Waals surface area contributed by atoms with Crippen molar-refractivity contribution in [2.24, 2.45) is 0 Å². The molecular weight excluding hydrogens is 337 g/mol. The Morgan fingerprint density at radius 3 is 1.50 bits per heavy atom. The zero-order chi connectivity index (χ0) is 16.8. The molecule has 0 spiro atoms. The molecule has 4 nitrogen and oxygen atoms in total. The van der Waals surface area contributed by atoms with Gasteiger partial charge in [0.25, 0.3) is 10.0 Å². The molecule has 1 atom stereocenters. The molecule has 0 saturated heterocycles. The lowest BCUT2D eigenvalue weighted by Crippen LogP contribution is -2.65. The monoisotopic (exact) mass is 343 g/mol. The first-order valence-electron chi connectivity index (χ1n) is 4.32. The molecule has 0 bridgehead atoms. The highest BCUT2D eigenvalue weighted by atomic mass is 32.2. The summed E-state index contributed by atoms with van der Waals surface area (Å²) in [6.45, 7) is 0.424. The van der Waals surface area contributed by atoms with Gasteiger partial charge in [-0.15, -0.1) is 0 Å². The highest BCUT2D eigenvalue weighted by molar-refractivity contribution is 7.90. The average Bonchev–Trinajstić information content (AvgIpc) is 2.12. The molecule has 0 aliphatic rings. The molecule has 0 fully saturated rings. The third kappa shape index (κ3) is 2.81. The van der Waals surface area contributed by atoms with Crippen molar-refractivity contribution in [1.29, 1.82) is 0 Å². The molecule has 122 valence electrons. The van der Waals surface area contributed by atoms with Gasteiger partial charge < -0.3 is 5.11 Å². The molecule has 0 aliphatic heterocycles. The number of aliphatic hydroxyl groups excluding tert-OH is 1. The van der Waals surface area contributed by atoms with Gasteiger partial charge in [-0.3, -0.25) is 0 Å². The third-order valence-corrected chi connectivity index (χ3v) is 3.36. The van der Waals surface area contributed by atoms with Crippen LogP contribution in [0.1, 0.15) is 6.92 Å². The zero-order valence-corrected chi connectivity index (χ0v) is 9.97. The van der Waals surface area contributed by atoms with Crippen molar-refractivity contribution < 1.29 is 53.0 Å². The van der Waals surface area contributed by atoms with E-state index in [4.69, 9.17) is 5.11 Å². The van der Waals surface area contributed by atoms with Gasteiger partial charge in [-0.1, -0.05) is 0 Å². The van der Waals surface area contributed by atoms with Crippen molar-refractivity contribution in [3.63, 3.8) is 0 Å². The molecule has 0 saturated carbocycles. The van der Waals surface area contributed by atoms with E-state index in [1.807, 2.05) is 0 Å². The molecular formula is C6H6F9NO3S. The first-order chi connectivity index (χ1) is 8.42. The van der Waals surface area contributed by atoms with Crippen molar-refractivity contribution in [3.05, 3.63) is 0 Å². The van der Waals surface area contributed by atoms with Crippen LogP contribution in [-0.4, -0.2) is 43.0 Å². The van der Waals surface area contributed by atoms with E-state index in [1.165, 1.54) is 0 Å². The normalized spacial score (nSPS) is 17.1. The highest BCUT2D eigenvalue weighted by Crippen LogP contribution is 2.54. The first-order valence-corrected chi connectivity index (χ1v) is 5.80. The summed E-state index contributed by atoms with van der Waals surface area (Å²) >= 11 is 0. The summed E-state index contributed by atoms with van der Waals surface area (Å²) in [7, 11) is -6.72. The first kappa shape index (κ1) is 19.2. The van der Waals surface area contributed by atoms with Crippen LogP contribution in [0.2, 0.25) is 0 Å². The van der Waals surface area contributed by atoms with E-state index in [2.05, 4.69) is 0 Å². The van der Waals surface area contributed by atoms with Crippen LogP contribution in [-0.2, 0) is 10.0 Å². The molecule has 0 aromatic rings. The van der Waals surface area contributed by atoms with Gasteiger partial charge in [0, 0.05) is 0 Å². The Morgan fingerprint density at radius 1 is 0.900 bits per heavy atom. The predicted molar refractivity (Wildman–Crippen MR) is 44.6 cm³/mol. The predicted octanol–water partition coefficient (Wildman–Crippen LogP) is 1.67. The minimum Gasteiger partial charge on any atom is -0.378 e. The van der Waals surface area contributed by atoms with E-state index in [1.54, 1.807) is 0 Å². The Morgan fingerprint density at radius 2 is 1.25 bits per heavy atom. The van der Waals surface area contributed by atoms with Crippen LogP contribution < -0.4 is 4.72 Å². The van der Waals surface area contributed by atoms with Gasteiger partial charge in [-0.25, -0.2) is 8.42 Å². The third-order valence-electron chi connectivity index (χ3n) is 1.78. The summed E-state index contributed by atoms with van der Waals surface area (Å²) in [4.78, 5) is 0. The largest absolute Gasteiger partial charge is 0.460 e. The van der Waals surface area contributed by atoms with Gasteiger partial charge in [0.1, 0.15) is 6.23 Å². The van der Waals surface area contributed by atoms with E-state index in [9.17, 15) is 47.9 Å². The fourth-order valence-electron chi connectivity index (χ4n) is 0.828. The van der Waals surface area contributed by atoms with Gasteiger partial charge in [0.2, 0.25) is 0 Å². The lowest BCUT2D eigenvalue weighted by Gasteiger charge is -2.33. The zero-order valence-electron chi connectivity index (χ0n) is 9.15. The average molecular weight is 343 g/mol. The van der Waals surface area contributed by atoms with Gasteiger partial charge in [-0.05, 0) is 6.92 Å². The standard InChI is InChI=1S/C6H6F9NO3S/c1-2(17)16-20(18,19)6(14,15)4(9,10)3(7,8)5(11,12)13/h2,16-17H,1H3. The number of nitrogens with one attached hydrogen (secondary N) is 1. The van der Waals surface area contributed by atoms with Crippen molar-refractivity contribution in [2.75, 3.05) is 0 Å². The number of hydrogen-bond donors (Lipinski definition) is 2. The molecule has 0 amide bonds. The summed E-state index contributed by atoms with van der Waals surface area (Å²) in [5.74, 6) is -14.6. The maximum absolute atomic E-state index is 12.9. The maximum atomic E-state index is 12.9. The number of alkyl halides is 9.